The summed E-state index contributed by atoms with van der Waals surface area (Å²) in [6.07, 6.45) is 25.6. The fourth-order valence-electron chi connectivity index (χ4n) is 25.1. The summed E-state index contributed by atoms with van der Waals surface area (Å²) in [5, 5.41) is 26.6. The lowest BCUT2D eigenvalue weighted by Gasteiger charge is -2.35. The van der Waals surface area contributed by atoms with Gasteiger partial charge in [0.1, 0.15) is 0 Å². The van der Waals surface area contributed by atoms with Crippen LogP contribution in [0.4, 0.5) is 11.4 Å². The Labute approximate surface area is 794 Å². The topological polar surface area (TPSA) is 150 Å². The Morgan fingerprint density at radius 2 is 0.368 bits per heavy atom. The van der Waals surface area contributed by atoms with Crippen LogP contribution in [-0.2, 0) is 0 Å². The molecule has 0 saturated heterocycles. The van der Waals surface area contributed by atoms with Crippen molar-refractivity contribution >= 4 is 209 Å². The van der Waals surface area contributed by atoms with Crippen molar-refractivity contribution in [2.45, 2.75) is 273 Å². The van der Waals surface area contributed by atoms with E-state index in [0.717, 1.165) is 291 Å². The molecule has 682 valence electrons. The Balaban J connectivity index is 0.573. The van der Waals surface area contributed by atoms with Gasteiger partial charge in [-0.1, -0.05) is 320 Å². The Hall–Kier alpha value is -13.2. The van der Waals surface area contributed by atoms with Gasteiger partial charge >= 0.3 is 0 Å². The van der Waals surface area contributed by atoms with Gasteiger partial charge in [-0.15, -0.1) is 0 Å². The Morgan fingerprint density at radius 1 is 0.206 bits per heavy atom. The third kappa shape index (κ3) is 13.4. The van der Waals surface area contributed by atoms with Crippen LogP contribution in [0.1, 0.15) is 377 Å². The van der Waals surface area contributed by atoms with Crippen molar-refractivity contribution in [2.24, 2.45) is 0 Å². The minimum absolute atomic E-state index is 0.151. The van der Waals surface area contributed by atoms with Crippen molar-refractivity contribution < 1.29 is 38.4 Å². The van der Waals surface area contributed by atoms with E-state index in [1.807, 2.05) is 72.8 Å². The van der Waals surface area contributed by atoms with E-state index >= 15 is 38.4 Å². The van der Waals surface area contributed by atoms with Crippen LogP contribution in [0.15, 0.2) is 170 Å². The quantitative estimate of drug-likeness (QED) is 0.0133. The van der Waals surface area contributed by atoms with Crippen LogP contribution in [-0.4, -0.2) is 69.1 Å². The van der Waals surface area contributed by atoms with Crippen molar-refractivity contribution in [1.82, 2.24) is 9.80 Å². The number of carbonyl (C=O) groups is 8. The number of anilines is 2. The Morgan fingerprint density at radius 3 is 0.544 bits per heavy atom. The summed E-state index contributed by atoms with van der Waals surface area (Å²) >= 11 is 0. The van der Waals surface area contributed by atoms with Crippen molar-refractivity contribution in [1.29, 1.82) is 0 Å². The van der Waals surface area contributed by atoms with Gasteiger partial charge in [-0.3, -0.25) is 48.2 Å². The fraction of sp³-hybridized carbons (Fsp3) is 0.339. The number of unbranched alkanes of at least 4 members (excludes halogenated alkanes) is 16. The number of imide groups is 4. The zero-order valence-corrected chi connectivity index (χ0v) is 80.7. The van der Waals surface area contributed by atoms with E-state index in [4.69, 9.17) is 0 Å². The summed E-state index contributed by atoms with van der Waals surface area (Å²) in [5.41, 5.74) is 9.98. The molecule has 0 fully saturated rings. The molecular weight excluding hydrogens is 1670 g/mol. The summed E-state index contributed by atoms with van der Waals surface area (Å²) in [5.74, 6) is 4.20. The number of benzene rings is 18. The maximum Gasteiger partial charge on any atom is 0.266 e. The third-order valence-corrected chi connectivity index (χ3v) is 31.7. The van der Waals surface area contributed by atoms with Gasteiger partial charge in [0.25, 0.3) is 47.3 Å². The lowest BCUT2D eigenvalue weighted by Crippen LogP contribution is -2.47. The van der Waals surface area contributed by atoms with Crippen LogP contribution in [0.25, 0.3) is 151 Å². The maximum atomic E-state index is 15.9. The highest BCUT2D eigenvalue weighted by Crippen LogP contribution is 2.56. The summed E-state index contributed by atoms with van der Waals surface area (Å²) in [6, 6.07) is 57.5. The molecular formula is C124H118N4O8. The highest BCUT2D eigenvalue weighted by atomic mass is 16.2. The second-order valence-corrected chi connectivity index (χ2v) is 41.3. The normalized spacial score (nSPS) is 14.4. The summed E-state index contributed by atoms with van der Waals surface area (Å²) in [6.45, 7) is 25.6. The molecule has 4 heterocycles. The number of nitrogens with zero attached hydrogens (tertiary/aromatic N) is 4. The maximum absolute atomic E-state index is 15.9. The minimum atomic E-state index is -0.390. The molecule has 0 unspecified atom stereocenters. The van der Waals surface area contributed by atoms with E-state index in [-0.39, 0.29) is 59.4 Å². The molecule has 0 aromatic heterocycles. The molecule has 0 bridgehead atoms. The predicted molar refractivity (Wildman–Crippen MR) is 562 cm³/mol. The average Bonchev–Trinajstić information content (AvgIpc) is 0.679. The van der Waals surface area contributed by atoms with Gasteiger partial charge in [0.05, 0.1) is 11.4 Å². The van der Waals surface area contributed by atoms with E-state index in [2.05, 4.69) is 192 Å². The monoisotopic (exact) mass is 1790 g/mol. The highest BCUT2D eigenvalue weighted by molar-refractivity contribution is 6.50. The van der Waals surface area contributed by atoms with Crippen molar-refractivity contribution in [3.63, 3.8) is 0 Å². The number of hydrogen-bond acceptors (Lipinski definition) is 8. The predicted octanol–water partition coefficient (Wildman–Crippen LogP) is 32.4. The molecule has 18 aromatic carbocycles. The molecule has 0 saturated carbocycles. The lowest BCUT2D eigenvalue weighted by atomic mass is 9.80. The first-order valence-corrected chi connectivity index (χ1v) is 51.1. The highest BCUT2D eigenvalue weighted by Gasteiger charge is 2.45. The lowest BCUT2D eigenvalue weighted by molar-refractivity contribution is 0.0501. The minimum Gasteiger partial charge on any atom is -0.271 e. The van der Waals surface area contributed by atoms with Crippen LogP contribution in [0.5, 0.6) is 0 Å². The van der Waals surface area contributed by atoms with Crippen LogP contribution >= 0.6 is 0 Å². The zero-order valence-electron chi connectivity index (χ0n) is 80.7. The molecule has 4 aliphatic heterocycles. The Kier molecular flexibility index (Phi) is 22.4. The van der Waals surface area contributed by atoms with Crippen molar-refractivity contribution in [3.05, 3.63) is 248 Å². The molecule has 136 heavy (non-hydrogen) atoms. The van der Waals surface area contributed by atoms with E-state index in [1.165, 1.54) is 35.5 Å². The van der Waals surface area contributed by atoms with Gasteiger partial charge in [0.15, 0.2) is 0 Å². The second-order valence-electron chi connectivity index (χ2n) is 41.3. The first-order chi connectivity index (χ1) is 66.1. The molecule has 4 aliphatic rings. The number of rotatable bonds is 32. The largest absolute Gasteiger partial charge is 0.271 e. The Bertz CT molecular complexity index is 7330. The SMILES string of the molecule is CCCCCCCC(CCCCCCC)N1C(=O)c2ccc3c4ccc5c6ccc7c8c(ccc(c9ccc(c%10ccc(c2c3%10)C1=O)c4c59)c86)C(=O)N(c1c(C(C)C)cc(C#Cc2cc(C(C)C)c(N3C(=O)c4ccc5c6ccc8c9ccc%10c%11c(ccc(c%12ccc(c%13ccc(c4c5%13)C3=O)c6c8%12)c%119)C(=O)N(C(CCCCCCC)CCCCCCC)C%10=O)c(C(C)C)c2)cc1C(C)C)C7=O. The smallest absolute Gasteiger partial charge is 0.266 e. The van der Waals surface area contributed by atoms with E-state index in [0.29, 0.717) is 77.8 Å². The fourth-order valence-corrected chi connectivity index (χ4v) is 25.1. The van der Waals surface area contributed by atoms with E-state index in [1.54, 1.807) is 9.80 Å². The summed E-state index contributed by atoms with van der Waals surface area (Å²) in [7, 11) is 0. The summed E-state index contributed by atoms with van der Waals surface area (Å²) < 4.78 is 0. The van der Waals surface area contributed by atoms with Gasteiger partial charge in [-0.05, 0) is 274 Å². The molecule has 18 aromatic rings. The molecule has 0 aliphatic carbocycles. The second kappa shape index (κ2) is 34.5. The molecule has 22 rings (SSSR count). The van der Waals surface area contributed by atoms with Gasteiger partial charge in [0, 0.05) is 89.3 Å². The van der Waals surface area contributed by atoms with Crippen LogP contribution < -0.4 is 9.80 Å². The van der Waals surface area contributed by atoms with Crippen LogP contribution in [0.2, 0.25) is 0 Å². The van der Waals surface area contributed by atoms with Crippen molar-refractivity contribution in [2.75, 3.05) is 9.80 Å². The van der Waals surface area contributed by atoms with Gasteiger partial charge in [0.2, 0.25) is 0 Å². The van der Waals surface area contributed by atoms with Crippen molar-refractivity contribution in [3.8, 4) is 11.8 Å². The number of hydrogen-bond donors (Lipinski definition) is 0. The van der Waals surface area contributed by atoms with E-state index in [9.17, 15) is 0 Å². The third-order valence-electron chi connectivity index (χ3n) is 31.7. The molecule has 0 atom stereocenters. The van der Waals surface area contributed by atoms with E-state index < -0.39 is 23.6 Å². The van der Waals surface area contributed by atoms with Gasteiger partial charge in [-0.25, -0.2) is 9.80 Å². The first kappa shape index (κ1) is 88.1. The molecule has 0 N–H and O–H groups in total. The van der Waals surface area contributed by atoms with Crippen LogP contribution in [0.3, 0.4) is 0 Å². The van der Waals surface area contributed by atoms with Crippen LogP contribution in [0, 0.1) is 11.8 Å². The molecule has 12 heteroatoms. The molecule has 0 radical (unpaired) electrons. The molecule has 8 amide bonds. The van der Waals surface area contributed by atoms with Gasteiger partial charge < -0.3 is 0 Å². The number of fused-ring (bicyclic) bond motifs is 8. The number of amides is 8. The zero-order chi connectivity index (χ0) is 94.0. The number of carbonyl (C=O) groups excluding carboxylic acids is 8. The summed E-state index contributed by atoms with van der Waals surface area (Å²) in [4.78, 5) is 130. The molecule has 12 nitrogen and oxygen atoms in total. The first-order valence-electron chi connectivity index (χ1n) is 51.1. The molecule has 0 spiro atoms. The van der Waals surface area contributed by atoms with Gasteiger partial charge in [-0.2, -0.15) is 0 Å². The average molecular weight is 1790 g/mol. The standard InChI is InChI=1S/C124H118N4O8/c1-13-17-21-25-29-33-73(34-30-26-22-18-14-2)125-117(129)91-55-47-83-75-39-43-79-87-51-59-95-113-96(60-52-88(109(87)113)80-44-40-76(103(75)105(79)80)84-48-56-92(118(125)130)111(91)107(83)84)122(134)127(121(95)133)115-99(67(5)6)63-71(64-100(115)68(7)8)37-38-72-65-101(69(9)10)116(102(66-72)70(11)12)128-123(135)97-61-53-89-81-45-41-77-85-49-57-93-112-94(120(132)126(119(93)131)74(35-31-27-23-19-15-3)36-32-28-24-20-16-4)58-50-86(108(85)112)78-42-46-82(106(81)104(77)78)90-54-62-98(124(128)136)114(97)110(89)90/h39-70,73-74H,13-36H2,1-12H3.